The number of nitrogens with one attached hydrogen (secondary N) is 1. The number of aryl methyl sites for hydroxylation is 3. The second-order valence-electron chi connectivity index (χ2n) is 7.28. The van der Waals surface area contributed by atoms with Gasteiger partial charge in [-0.2, -0.15) is 0 Å². The number of nitro groups is 1. The standard InChI is InChI=1S/C22H21N3O6S/c1-12-7-13(2)20(14(3)8-12)23-19(26)11-24-21(27)18(32-22(24)28)10-15-5-6-17(31-4)16(9-15)25(29)30/h5-10H,11H2,1-4H3,(H,23,26)/b18-10+. The third kappa shape index (κ3) is 4.80. The molecule has 3 amide bonds. The molecule has 1 N–H and O–H groups in total. The van der Waals surface area contributed by atoms with Gasteiger partial charge in [0, 0.05) is 11.8 Å². The molecule has 0 bridgehead atoms. The minimum Gasteiger partial charge on any atom is -0.490 e. The third-order valence-electron chi connectivity index (χ3n) is 4.81. The van der Waals surface area contributed by atoms with Crippen molar-refractivity contribution in [2.75, 3.05) is 19.0 Å². The van der Waals surface area contributed by atoms with Crippen LogP contribution in [0.1, 0.15) is 22.3 Å². The number of hydrogen-bond acceptors (Lipinski definition) is 7. The number of thioether (sulfide) groups is 1. The number of carbonyl (C=O) groups excluding carboxylic acids is 3. The molecule has 10 heteroatoms. The fourth-order valence-corrected chi connectivity index (χ4v) is 4.27. The number of ether oxygens (including phenoxy) is 1. The van der Waals surface area contributed by atoms with E-state index in [1.54, 1.807) is 0 Å². The Labute approximate surface area is 188 Å². The Balaban J connectivity index is 1.77. The van der Waals surface area contributed by atoms with E-state index in [2.05, 4.69) is 5.32 Å². The molecule has 0 unspecified atom stereocenters. The fraction of sp³-hybridized carbons (Fsp3) is 0.227. The number of carbonyl (C=O) groups is 3. The number of hydrogen-bond donors (Lipinski definition) is 1. The summed E-state index contributed by atoms with van der Waals surface area (Å²) in [6.07, 6.45) is 1.38. The Morgan fingerprint density at radius 3 is 2.44 bits per heavy atom. The van der Waals surface area contributed by atoms with Crippen LogP contribution in [0.15, 0.2) is 35.2 Å². The molecule has 0 saturated carbocycles. The number of amides is 3. The van der Waals surface area contributed by atoms with Crippen LogP contribution in [0.2, 0.25) is 0 Å². The van der Waals surface area contributed by atoms with Crippen LogP contribution in [0.3, 0.4) is 0 Å². The maximum atomic E-state index is 12.7. The third-order valence-corrected chi connectivity index (χ3v) is 5.72. The highest BCUT2D eigenvalue weighted by atomic mass is 32.2. The summed E-state index contributed by atoms with van der Waals surface area (Å²) < 4.78 is 4.96. The lowest BCUT2D eigenvalue weighted by molar-refractivity contribution is -0.385. The lowest BCUT2D eigenvalue weighted by atomic mass is 10.1. The highest BCUT2D eigenvalue weighted by Crippen LogP contribution is 2.34. The summed E-state index contributed by atoms with van der Waals surface area (Å²) >= 11 is 0.675. The van der Waals surface area contributed by atoms with Gasteiger partial charge < -0.3 is 10.1 Å². The van der Waals surface area contributed by atoms with E-state index in [0.717, 1.165) is 21.6 Å². The van der Waals surface area contributed by atoms with Crippen molar-refractivity contribution in [2.45, 2.75) is 20.8 Å². The summed E-state index contributed by atoms with van der Waals surface area (Å²) in [7, 11) is 1.32. The van der Waals surface area contributed by atoms with Gasteiger partial charge in [0.2, 0.25) is 5.91 Å². The Morgan fingerprint density at radius 1 is 1.19 bits per heavy atom. The maximum Gasteiger partial charge on any atom is 0.311 e. The number of nitro benzene ring substituents is 1. The summed E-state index contributed by atoms with van der Waals surface area (Å²) in [5, 5.41) is 13.4. The molecule has 2 aromatic carbocycles. The van der Waals surface area contributed by atoms with Crippen LogP contribution in [-0.4, -0.2) is 40.5 Å². The lowest BCUT2D eigenvalue weighted by Gasteiger charge is -2.15. The molecule has 1 saturated heterocycles. The molecule has 9 nitrogen and oxygen atoms in total. The molecular formula is C22H21N3O6S. The second-order valence-corrected chi connectivity index (χ2v) is 8.27. The largest absolute Gasteiger partial charge is 0.490 e. The summed E-state index contributed by atoms with van der Waals surface area (Å²) in [4.78, 5) is 49.1. The van der Waals surface area contributed by atoms with E-state index in [9.17, 15) is 24.5 Å². The summed E-state index contributed by atoms with van der Waals surface area (Å²) in [5.41, 5.74) is 3.57. The Hall–Kier alpha value is -3.66. The average molecular weight is 455 g/mol. The zero-order chi connectivity index (χ0) is 23.6. The molecule has 1 aliphatic rings. The van der Waals surface area contributed by atoms with Crippen molar-refractivity contribution in [1.82, 2.24) is 4.90 Å². The van der Waals surface area contributed by atoms with Gasteiger partial charge in [0.05, 0.1) is 16.9 Å². The molecule has 0 spiro atoms. The SMILES string of the molecule is COc1ccc(/C=C2/SC(=O)N(CC(=O)Nc3c(C)cc(C)cc3C)C2=O)cc1[N+](=O)[O-]. The number of methoxy groups -OCH3 is 1. The van der Waals surface area contributed by atoms with Gasteiger partial charge >= 0.3 is 5.69 Å². The summed E-state index contributed by atoms with van der Waals surface area (Å²) in [5.74, 6) is -1.05. The van der Waals surface area contributed by atoms with E-state index in [0.29, 0.717) is 23.0 Å². The lowest BCUT2D eigenvalue weighted by Crippen LogP contribution is -2.36. The predicted molar refractivity (Wildman–Crippen MR) is 122 cm³/mol. The van der Waals surface area contributed by atoms with Crippen LogP contribution in [0.25, 0.3) is 6.08 Å². The van der Waals surface area contributed by atoms with Crippen molar-refractivity contribution in [3.63, 3.8) is 0 Å². The maximum absolute atomic E-state index is 12.7. The molecule has 1 aliphatic heterocycles. The van der Waals surface area contributed by atoms with Crippen molar-refractivity contribution in [3.8, 4) is 5.75 Å². The van der Waals surface area contributed by atoms with Gasteiger partial charge in [-0.05, 0) is 61.4 Å². The predicted octanol–water partition coefficient (Wildman–Crippen LogP) is 4.20. The van der Waals surface area contributed by atoms with Gasteiger partial charge in [-0.25, -0.2) is 0 Å². The molecule has 0 radical (unpaired) electrons. The minimum atomic E-state index is -0.633. The van der Waals surface area contributed by atoms with Crippen molar-refractivity contribution in [1.29, 1.82) is 0 Å². The van der Waals surface area contributed by atoms with Crippen LogP contribution in [0.4, 0.5) is 16.2 Å². The topological polar surface area (TPSA) is 119 Å². The molecule has 32 heavy (non-hydrogen) atoms. The van der Waals surface area contributed by atoms with E-state index in [1.165, 1.54) is 31.4 Å². The van der Waals surface area contributed by atoms with E-state index in [4.69, 9.17) is 4.74 Å². The number of nitrogens with zero attached hydrogens (tertiary/aromatic N) is 2. The molecule has 3 rings (SSSR count). The zero-order valence-corrected chi connectivity index (χ0v) is 18.7. The molecule has 0 atom stereocenters. The van der Waals surface area contributed by atoms with Crippen LogP contribution < -0.4 is 10.1 Å². The van der Waals surface area contributed by atoms with Crippen molar-refractivity contribution >= 4 is 46.3 Å². The molecular weight excluding hydrogens is 434 g/mol. The molecule has 1 fully saturated rings. The molecule has 0 aliphatic carbocycles. The highest BCUT2D eigenvalue weighted by molar-refractivity contribution is 8.18. The van der Waals surface area contributed by atoms with Gasteiger partial charge in [0.25, 0.3) is 11.1 Å². The van der Waals surface area contributed by atoms with E-state index in [-0.39, 0.29) is 16.3 Å². The van der Waals surface area contributed by atoms with Gasteiger partial charge in [0.1, 0.15) is 6.54 Å². The van der Waals surface area contributed by atoms with Gasteiger partial charge in [-0.1, -0.05) is 23.8 Å². The van der Waals surface area contributed by atoms with E-state index in [1.807, 2.05) is 32.9 Å². The van der Waals surface area contributed by atoms with Crippen molar-refractivity contribution < 1.29 is 24.0 Å². The number of rotatable bonds is 6. The molecule has 0 aromatic heterocycles. The van der Waals surface area contributed by atoms with E-state index < -0.39 is 28.5 Å². The molecule has 166 valence electrons. The van der Waals surface area contributed by atoms with Crippen LogP contribution in [0, 0.1) is 30.9 Å². The monoisotopic (exact) mass is 455 g/mol. The number of imide groups is 1. The van der Waals surface area contributed by atoms with Crippen LogP contribution in [-0.2, 0) is 9.59 Å². The first-order valence-electron chi connectivity index (χ1n) is 9.56. The smallest absolute Gasteiger partial charge is 0.311 e. The first-order valence-corrected chi connectivity index (χ1v) is 10.4. The number of anilines is 1. The van der Waals surface area contributed by atoms with Crippen molar-refractivity contribution in [3.05, 3.63) is 67.6 Å². The van der Waals surface area contributed by atoms with E-state index >= 15 is 0 Å². The van der Waals surface area contributed by atoms with Crippen LogP contribution >= 0.6 is 11.8 Å². The quantitative estimate of drug-likeness (QED) is 0.394. The summed E-state index contributed by atoms with van der Waals surface area (Å²) in [6, 6.07) is 8.06. The zero-order valence-electron chi connectivity index (χ0n) is 17.9. The van der Waals surface area contributed by atoms with Gasteiger partial charge in [0.15, 0.2) is 5.75 Å². The first kappa shape index (κ1) is 23.0. The molecule has 2 aromatic rings. The molecule has 1 heterocycles. The Morgan fingerprint density at radius 2 is 1.84 bits per heavy atom. The van der Waals surface area contributed by atoms with Gasteiger partial charge in [-0.3, -0.25) is 29.4 Å². The normalized spacial score (nSPS) is 14.8. The Bertz CT molecular complexity index is 1150. The second kappa shape index (κ2) is 9.23. The Kier molecular flexibility index (Phi) is 6.64. The number of benzene rings is 2. The summed E-state index contributed by atoms with van der Waals surface area (Å²) in [6.45, 7) is 5.26. The average Bonchev–Trinajstić information content (AvgIpc) is 2.97. The fourth-order valence-electron chi connectivity index (χ4n) is 3.43. The first-order chi connectivity index (χ1) is 15.1. The van der Waals surface area contributed by atoms with Crippen LogP contribution in [0.5, 0.6) is 5.75 Å². The highest BCUT2D eigenvalue weighted by Gasteiger charge is 2.36. The van der Waals surface area contributed by atoms with Crippen molar-refractivity contribution in [2.24, 2.45) is 0 Å². The van der Waals surface area contributed by atoms with Gasteiger partial charge in [-0.15, -0.1) is 0 Å². The minimum absolute atomic E-state index is 0.0740.